The molecule has 0 amide bonds. The third-order valence-corrected chi connectivity index (χ3v) is 2.28. The van der Waals surface area contributed by atoms with Crippen molar-refractivity contribution in [1.29, 1.82) is 0 Å². The molecular formula is C11H10N2O4. The molecule has 0 aliphatic carbocycles. The molecule has 0 unspecified atom stereocenters. The summed E-state index contributed by atoms with van der Waals surface area (Å²) in [4.78, 5) is 10.7. The minimum absolute atomic E-state index is 0.00652. The summed E-state index contributed by atoms with van der Waals surface area (Å²) in [5.74, 6) is -0.748. The topological polar surface area (TPSA) is 95.4 Å². The minimum atomic E-state index is -1.07. The summed E-state index contributed by atoms with van der Waals surface area (Å²) in [5, 5.41) is 24.5. The number of carbonyl (C=O) groups is 1. The highest BCUT2D eigenvalue weighted by atomic mass is 16.5. The molecule has 3 N–H and O–H groups in total. The van der Waals surface area contributed by atoms with Crippen LogP contribution in [-0.4, -0.2) is 33.5 Å². The summed E-state index contributed by atoms with van der Waals surface area (Å²) in [6.45, 7) is 0. The second-order valence-corrected chi connectivity index (χ2v) is 3.36. The van der Waals surface area contributed by atoms with Crippen molar-refractivity contribution in [2.24, 2.45) is 0 Å². The number of aromatic nitrogens is 2. The van der Waals surface area contributed by atoms with Gasteiger partial charge in [0.15, 0.2) is 11.5 Å². The fourth-order valence-electron chi connectivity index (χ4n) is 1.42. The van der Waals surface area contributed by atoms with Gasteiger partial charge >= 0.3 is 5.97 Å². The lowest BCUT2D eigenvalue weighted by molar-refractivity contribution is 0.0690. The number of nitrogens with one attached hydrogen (secondary N) is 1. The summed E-state index contributed by atoms with van der Waals surface area (Å²) in [5.41, 5.74) is 1.14. The number of aromatic carboxylic acids is 1. The second kappa shape index (κ2) is 4.17. The third-order valence-electron chi connectivity index (χ3n) is 2.28. The Bertz CT molecular complexity index is 562. The summed E-state index contributed by atoms with van der Waals surface area (Å²) in [6.07, 6.45) is 0. The van der Waals surface area contributed by atoms with Crippen molar-refractivity contribution in [3.8, 4) is 22.8 Å². The first kappa shape index (κ1) is 11.0. The number of methoxy groups -OCH3 is 1. The van der Waals surface area contributed by atoms with E-state index in [-0.39, 0.29) is 11.4 Å². The van der Waals surface area contributed by atoms with Gasteiger partial charge in [0.2, 0.25) is 0 Å². The molecule has 0 radical (unpaired) electrons. The van der Waals surface area contributed by atoms with E-state index >= 15 is 0 Å². The van der Waals surface area contributed by atoms with Crippen LogP contribution < -0.4 is 4.74 Å². The number of phenolic OH excluding ortho intramolecular Hbond substituents is 1. The first-order valence-corrected chi connectivity index (χ1v) is 4.78. The standard InChI is InChI=1S/C11H10N2O4/c1-17-10-4-6(2-3-9(10)14)7-5-8(11(15)16)13-12-7/h2-5,14H,1H3,(H,12,13)(H,15,16). The van der Waals surface area contributed by atoms with E-state index in [0.29, 0.717) is 17.0 Å². The molecule has 0 atom stereocenters. The molecule has 6 heteroatoms. The molecule has 2 rings (SSSR count). The zero-order valence-corrected chi connectivity index (χ0v) is 8.97. The summed E-state index contributed by atoms with van der Waals surface area (Å²) >= 11 is 0. The third kappa shape index (κ3) is 2.05. The van der Waals surface area contributed by atoms with Gasteiger partial charge in [0, 0.05) is 5.56 Å². The van der Waals surface area contributed by atoms with E-state index in [1.54, 1.807) is 12.1 Å². The zero-order valence-electron chi connectivity index (χ0n) is 8.97. The number of nitrogens with zero attached hydrogens (tertiary/aromatic N) is 1. The molecule has 0 saturated carbocycles. The molecule has 0 saturated heterocycles. The van der Waals surface area contributed by atoms with Gasteiger partial charge in [-0.3, -0.25) is 5.10 Å². The first-order valence-electron chi connectivity index (χ1n) is 4.78. The van der Waals surface area contributed by atoms with Gasteiger partial charge < -0.3 is 14.9 Å². The smallest absolute Gasteiger partial charge is 0.353 e. The lowest BCUT2D eigenvalue weighted by Gasteiger charge is -2.04. The monoisotopic (exact) mass is 234 g/mol. The van der Waals surface area contributed by atoms with Gasteiger partial charge in [-0.1, -0.05) is 0 Å². The fourth-order valence-corrected chi connectivity index (χ4v) is 1.42. The van der Waals surface area contributed by atoms with Gasteiger partial charge in [-0.2, -0.15) is 5.10 Å². The van der Waals surface area contributed by atoms with E-state index in [4.69, 9.17) is 9.84 Å². The Morgan fingerprint density at radius 2 is 2.18 bits per heavy atom. The Morgan fingerprint density at radius 1 is 1.41 bits per heavy atom. The molecule has 0 fully saturated rings. The Morgan fingerprint density at radius 3 is 2.76 bits per heavy atom. The number of ether oxygens (including phenoxy) is 1. The number of hydrogen-bond donors (Lipinski definition) is 3. The number of aromatic hydroxyl groups is 1. The van der Waals surface area contributed by atoms with E-state index in [1.165, 1.54) is 19.2 Å². The first-order chi connectivity index (χ1) is 8.11. The van der Waals surface area contributed by atoms with Crippen LogP contribution in [0.3, 0.4) is 0 Å². The van der Waals surface area contributed by atoms with Gasteiger partial charge in [-0.25, -0.2) is 4.79 Å². The van der Waals surface area contributed by atoms with E-state index in [1.807, 2.05) is 0 Å². The van der Waals surface area contributed by atoms with Crippen molar-refractivity contribution < 1.29 is 19.7 Å². The number of hydrogen-bond acceptors (Lipinski definition) is 4. The van der Waals surface area contributed by atoms with Gasteiger partial charge in [0.25, 0.3) is 0 Å². The molecule has 1 aromatic carbocycles. The van der Waals surface area contributed by atoms with E-state index in [9.17, 15) is 9.90 Å². The molecule has 88 valence electrons. The van der Waals surface area contributed by atoms with Crippen LogP contribution in [0.1, 0.15) is 10.5 Å². The van der Waals surface area contributed by atoms with Crippen LogP contribution in [0.2, 0.25) is 0 Å². The van der Waals surface area contributed by atoms with Crippen LogP contribution in [0, 0.1) is 0 Å². The van der Waals surface area contributed by atoms with Crippen molar-refractivity contribution in [3.05, 3.63) is 30.0 Å². The van der Waals surface area contributed by atoms with Crippen molar-refractivity contribution in [2.75, 3.05) is 7.11 Å². The lowest BCUT2D eigenvalue weighted by Crippen LogP contribution is -1.95. The molecule has 2 aromatic rings. The number of rotatable bonds is 3. The number of aromatic amines is 1. The Hall–Kier alpha value is -2.50. The van der Waals surface area contributed by atoms with E-state index in [2.05, 4.69) is 10.2 Å². The van der Waals surface area contributed by atoms with Crippen molar-refractivity contribution in [1.82, 2.24) is 10.2 Å². The van der Waals surface area contributed by atoms with Crippen LogP contribution in [0.5, 0.6) is 11.5 Å². The highest BCUT2D eigenvalue weighted by molar-refractivity contribution is 5.86. The number of H-pyrrole nitrogens is 1. The van der Waals surface area contributed by atoms with Gasteiger partial charge in [-0.05, 0) is 24.3 Å². The van der Waals surface area contributed by atoms with Crippen LogP contribution in [0.15, 0.2) is 24.3 Å². The number of benzene rings is 1. The molecule has 1 aromatic heterocycles. The quantitative estimate of drug-likeness (QED) is 0.747. The molecule has 17 heavy (non-hydrogen) atoms. The maximum Gasteiger partial charge on any atom is 0.353 e. The normalized spacial score (nSPS) is 10.2. The van der Waals surface area contributed by atoms with Gasteiger partial charge in [-0.15, -0.1) is 0 Å². The van der Waals surface area contributed by atoms with Crippen molar-refractivity contribution >= 4 is 5.97 Å². The van der Waals surface area contributed by atoms with E-state index in [0.717, 1.165) is 0 Å². The number of carboxylic acids is 1. The van der Waals surface area contributed by atoms with Crippen LogP contribution in [-0.2, 0) is 0 Å². The maximum absolute atomic E-state index is 10.7. The average molecular weight is 234 g/mol. The molecular weight excluding hydrogens is 224 g/mol. The average Bonchev–Trinajstić information content (AvgIpc) is 2.79. The molecule has 1 heterocycles. The number of carboxylic acid groups (broad SMARTS) is 1. The molecule has 0 aliphatic heterocycles. The maximum atomic E-state index is 10.7. The molecule has 0 spiro atoms. The van der Waals surface area contributed by atoms with Crippen molar-refractivity contribution in [3.63, 3.8) is 0 Å². The lowest BCUT2D eigenvalue weighted by atomic mass is 10.1. The Kier molecular flexibility index (Phi) is 2.70. The Labute approximate surface area is 96.5 Å². The summed E-state index contributed by atoms with van der Waals surface area (Å²) < 4.78 is 4.96. The zero-order chi connectivity index (χ0) is 12.4. The molecule has 6 nitrogen and oxygen atoms in total. The highest BCUT2D eigenvalue weighted by Gasteiger charge is 2.11. The fraction of sp³-hybridized carbons (Fsp3) is 0.0909. The van der Waals surface area contributed by atoms with Gasteiger partial charge in [0.05, 0.1) is 12.8 Å². The van der Waals surface area contributed by atoms with E-state index < -0.39 is 5.97 Å². The van der Waals surface area contributed by atoms with Crippen LogP contribution >= 0.6 is 0 Å². The van der Waals surface area contributed by atoms with Crippen LogP contribution in [0.25, 0.3) is 11.3 Å². The Balaban J connectivity index is 2.42. The summed E-state index contributed by atoms with van der Waals surface area (Å²) in [7, 11) is 1.44. The largest absolute Gasteiger partial charge is 0.504 e. The predicted octanol–water partition coefficient (Wildman–Crippen LogP) is 1.49. The van der Waals surface area contributed by atoms with Crippen LogP contribution in [0.4, 0.5) is 0 Å². The van der Waals surface area contributed by atoms with Crippen molar-refractivity contribution in [2.45, 2.75) is 0 Å². The van der Waals surface area contributed by atoms with Gasteiger partial charge in [0.1, 0.15) is 5.69 Å². The predicted molar refractivity (Wildman–Crippen MR) is 59.2 cm³/mol. The minimum Gasteiger partial charge on any atom is -0.504 e. The summed E-state index contributed by atoms with van der Waals surface area (Å²) in [6, 6.07) is 6.08. The second-order valence-electron chi connectivity index (χ2n) is 3.36. The number of phenols is 1. The SMILES string of the molecule is COc1cc(-c2cc(C(=O)O)[nH]n2)ccc1O. The molecule has 0 aliphatic rings. The molecule has 0 bridgehead atoms. The highest BCUT2D eigenvalue weighted by Crippen LogP contribution is 2.30.